The molecule has 6 heteroatoms. The predicted molar refractivity (Wildman–Crippen MR) is 118 cm³/mol. The molecule has 0 atom stereocenters. The fourth-order valence-electron chi connectivity index (χ4n) is 4.66. The standard InChI is InChI=1S/C25H29FN2O3/c26-20-8-6-19(7-9-20)25(14-2-1-3-15-25)24(30)27-21-10-12-22(13-11-21)31-18-23(29)28-16-4-5-17-28/h6-13H,1-5,14-18H2,(H,27,30). The molecule has 5 nitrogen and oxygen atoms in total. The van der Waals surface area contributed by atoms with Crippen molar-refractivity contribution in [3.8, 4) is 5.75 Å². The monoisotopic (exact) mass is 424 g/mol. The van der Waals surface area contributed by atoms with Gasteiger partial charge in [0.2, 0.25) is 5.91 Å². The van der Waals surface area contributed by atoms with Crippen molar-refractivity contribution in [2.24, 2.45) is 0 Å². The number of hydrogen-bond donors (Lipinski definition) is 1. The Hall–Kier alpha value is -2.89. The van der Waals surface area contributed by atoms with Crippen LogP contribution in [0.3, 0.4) is 0 Å². The highest BCUT2D eigenvalue weighted by Gasteiger charge is 2.41. The zero-order chi connectivity index (χ0) is 21.7. The van der Waals surface area contributed by atoms with Crippen LogP contribution in [0, 0.1) is 5.82 Å². The van der Waals surface area contributed by atoms with Crippen LogP contribution in [0.5, 0.6) is 5.75 Å². The average Bonchev–Trinajstić information content (AvgIpc) is 3.34. The quantitative estimate of drug-likeness (QED) is 0.733. The summed E-state index contributed by atoms with van der Waals surface area (Å²) in [5, 5.41) is 3.04. The van der Waals surface area contributed by atoms with E-state index in [0.717, 1.165) is 63.6 Å². The van der Waals surface area contributed by atoms with Gasteiger partial charge in [0.25, 0.3) is 5.91 Å². The van der Waals surface area contributed by atoms with Gasteiger partial charge in [-0.15, -0.1) is 0 Å². The van der Waals surface area contributed by atoms with Crippen LogP contribution in [0.1, 0.15) is 50.5 Å². The Balaban J connectivity index is 1.40. The molecule has 0 aromatic heterocycles. The molecule has 0 unspecified atom stereocenters. The number of nitrogens with zero attached hydrogens (tertiary/aromatic N) is 1. The Morgan fingerprint density at radius 3 is 2.19 bits per heavy atom. The third kappa shape index (κ3) is 4.89. The first-order chi connectivity index (χ1) is 15.1. The van der Waals surface area contributed by atoms with E-state index in [0.29, 0.717) is 11.4 Å². The Labute approximate surface area is 182 Å². The molecule has 1 aliphatic carbocycles. The maximum atomic E-state index is 13.4. The van der Waals surface area contributed by atoms with Gasteiger partial charge in [-0.1, -0.05) is 31.4 Å². The molecule has 31 heavy (non-hydrogen) atoms. The molecule has 1 aliphatic heterocycles. The summed E-state index contributed by atoms with van der Waals surface area (Å²) in [5.41, 5.74) is 0.908. The number of ether oxygens (including phenoxy) is 1. The smallest absolute Gasteiger partial charge is 0.260 e. The van der Waals surface area contributed by atoms with Crippen molar-refractivity contribution < 1.29 is 18.7 Å². The summed E-state index contributed by atoms with van der Waals surface area (Å²) in [6.07, 6.45) is 6.68. The summed E-state index contributed by atoms with van der Waals surface area (Å²) >= 11 is 0. The largest absolute Gasteiger partial charge is 0.484 e. The Morgan fingerprint density at radius 2 is 1.55 bits per heavy atom. The summed E-state index contributed by atoms with van der Waals surface area (Å²) < 4.78 is 19.0. The lowest BCUT2D eigenvalue weighted by atomic mass is 9.68. The molecule has 164 valence electrons. The van der Waals surface area contributed by atoms with E-state index in [-0.39, 0.29) is 24.2 Å². The van der Waals surface area contributed by atoms with E-state index in [1.807, 2.05) is 4.90 Å². The van der Waals surface area contributed by atoms with Crippen LogP contribution in [0.15, 0.2) is 48.5 Å². The molecule has 0 bridgehead atoms. The maximum absolute atomic E-state index is 13.4. The summed E-state index contributed by atoms with van der Waals surface area (Å²) in [5.74, 6) is 0.246. The number of anilines is 1. The van der Waals surface area contributed by atoms with Gasteiger partial charge in [-0.2, -0.15) is 0 Å². The maximum Gasteiger partial charge on any atom is 0.260 e. The SMILES string of the molecule is O=C(COc1ccc(NC(=O)C2(c3ccc(F)cc3)CCCCC2)cc1)N1CCCC1. The van der Waals surface area contributed by atoms with Gasteiger partial charge in [-0.3, -0.25) is 9.59 Å². The van der Waals surface area contributed by atoms with Crippen molar-refractivity contribution in [1.82, 2.24) is 4.90 Å². The lowest BCUT2D eigenvalue weighted by molar-refractivity contribution is -0.132. The highest BCUT2D eigenvalue weighted by molar-refractivity contribution is 5.99. The number of carbonyl (C=O) groups excluding carboxylic acids is 2. The van der Waals surface area contributed by atoms with Crippen LogP contribution in [0.4, 0.5) is 10.1 Å². The van der Waals surface area contributed by atoms with E-state index < -0.39 is 5.41 Å². The predicted octanol–water partition coefficient (Wildman–Crippen LogP) is 4.67. The molecule has 2 aliphatic rings. The van der Waals surface area contributed by atoms with E-state index in [1.165, 1.54) is 12.1 Å². The molecule has 1 saturated carbocycles. The minimum Gasteiger partial charge on any atom is -0.484 e. The van der Waals surface area contributed by atoms with E-state index >= 15 is 0 Å². The molecule has 2 aromatic rings. The molecule has 0 spiro atoms. The summed E-state index contributed by atoms with van der Waals surface area (Å²) in [4.78, 5) is 27.3. The van der Waals surface area contributed by atoms with Crippen LogP contribution in [0.25, 0.3) is 0 Å². The number of amides is 2. The second-order valence-electron chi connectivity index (χ2n) is 8.50. The highest BCUT2D eigenvalue weighted by atomic mass is 19.1. The second kappa shape index (κ2) is 9.50. The van der Waals surface area contributed by atoms with Crippen LogP contribution < -0.4 is 10.1 Å². The minimum absolute atomic E-state index is 0.00779. The van der Waals surface area contributed by atoms with Gasteiger partial charge in [0.1, 0.15) is 11.6 Å². The van der Waals surface area contributed by atoms with Gasteiger partial charge in [0.15, 0.2) is 6.61 Å². The fraction of sp³-hybridized carbons (Fsp3) is 0.440. The van der Waals surface area contributed by atoms with Crippen molar-refractivity contribution in [2.45, 2.75) is 50.4 Å². The van der Waals surface area contributed by atoms with E-state index in [1.54, 1.807) is 36.4 Å². The van der Waals surface area contributed by atoms with E-state index in [4.69, 9.17) is 4.74 Å². The number of benzene rings is 2. The molecule has 2 amide bonds. The van der Waals surface area contributed by atoms with Crippen LogP contribution in [-0.4, -0.2) is 36.4 Å². The lowest BCUT2D eigenvalue weighted by Crippen LogP contribution is -2.42. The average molecular weight is 425 g/mol. The third-order valence-corrected chi connectivity index (χ3v) is 6.47. The normalized spacial score (nSPS) is 17.9. The molecule has 1 heterocycles. The summed E-state index contributed by atoms with van der Waals surface area (Å²) in [6.45, 7) is 1.64. The number of likely N-dealkylation sites (tertiary alicyclic amines) is 1. The van der Waals surface area contributed by atoms with Gasteiger partial charge < -0.3 is 15.0 Å². The van der Waals surface area contributed by atoms with Gasteiger partial charge in [0.05, 0.1) is 5.41 Å². The Bertz CT molecular complexity index is 899. The molecule has 2 fully saturated rings. The van der Waals surface area contributed by atoms with Crippen molar-refractivity contribution in [2.75, 3.05) is 25.0 Å². The van der Waals surface area contributed by atoms with Crippen LogP contribution in [0.2, 0.25) is 0 Å². The zero-order valence-electron chi connectivity index (χ0n) is 17.7. The molecule has 4 rings (SSSR count). The molecule has 0 radical (unpaired) electrons. The van der Waals surface area contributed by atoms with E-state index in [2.05, 4.69) is 5.32 Å². The number of hydrogen-bond acceptors (Lipinski definition) is 3. The van der Waals surface area contributed by atoms with Crippen LogP contribution >= 0.6 is 0 Å². The van der Waals surface area contributed by atoms with Gasteiger partial charge in [0, 0.05) is 18.8 Å². The Morgan fingerprint density at radius 1 is 0.903 bits per heavy atom. The topological polar surface area (TPSA) is 58.6 Å². The zero-order valence-corrected chi connectivity index (χ0v) is 17.7. The fourth-order valence-corrected chi connectivity index (χ4v) is 4.66. The molecular formula is C25H29FN2O3. The first-order valence-electron chi connectivity index (χ1n) is 11.1. The number of rotatable bonds is 6. The minimum atomic E-state index is -0.636. The van der Waals surface area contributed by atoms with Crippen molar-refractivity contribution in [3.05, 3.63) is 59.9 Å². The molecular weight excluding hydrogens is 395 g/mol. The first kappa shape index (κ1) is 21.3. The number of halogens is 1. The summed E-state index contributed by atoms with van der Waals surface area (Å²) in [6, 6.07) is 13.4. The molecule has 2 aromatic carbocycles. The molecule has 1 saturated heterocycles. The van der Waals surface area contributed by atoms with Crippen molar-refractivity contribution in [3.63, 3.8) is 0 Å². The van der Waals surface area contributed by atoms with Crippen molar-refractivity contribution in [1.29, 1.82) is 0 Å². The van der Waals surface area contributed by atoms with Gasteiger partial charge in [-0.05, 0) is 67.6 Å². The van der Waals surface area contributed by atoms with Crippen molar-refractivity contribution >= 4 is 17.5 Å². The number of nitrogens with one attached hydrogen (secondary N) is 1. The first-order valence-corrected chi connectivity index (χ1v) is 11.1. The van der Waals surface area contributed by atoms with Gasteiger partial charge >= 0.3 is 0 Å². The van der Waals surface area contributed by atoms with Gasteiger partial charge in [-0.25, -0.2) is 4.39 Å². The molecule has 1 N–H and O–H groups in total. The van der Waals surface area contributed by atoms with Crippen LogP contribution in [-0.2, 0) is 15.0 Å². The third-order valence-electron chi connectivity index (χ3n) is 6.47. The Kier molecular flexibility index (Phi) is 6.54. The summed E-state index contributed by atoms with van der Waals surface area (Å²) in [7, 11) is 0. The number of carbonyl (C=O) groups is 2. The van der Waals surface area contributed by atoms with E-state index in [9.17, 15) is 14.0 Å². The lowest BCUT2D eigenvalue weighted by Gasteiger charge is -2.36. The second-order valence-corrected chi connectivity index (χ2v) is 8.50. The highest BCUT2D eigenvalue weighted by Crippen LogP contribution is 2.40.